The number of methoxy groups -OCH3 is 1. The summed E-state index contributed by atoms with van der Waals surface area (Å²) in [5.41, 5.74) is 3.64. The molecule has 0 fully saturated rings. The zero-order valence-electron chi connectivity index (χ0n) is 15.1. The number of ether oxygens (including phenoxy) is 1. The molecule has 1 aromatic carbocycles. The molecule has 0 saturated carbocycles. The molecule has 0 spiro atoms. The number of amides is 1. The minimum atomic E-state index is -0.132. The van der Waals surface area contributed by atoms with E-state index >= 15 is 0 Å². The predicted molar refractivity (Wildman–Crippen MR) is 98.0 cm³/mol. The minimum Gasteiger partial charge on any atom is -0.497 e. The normalized spacial score (nSPS) is 10.6. The van der Waals surface area contributed by atoms with Crippen molar-refractivity contribution in [1.82, 2.24) is 25.3 Å². The number of nitrogens with one attached hydrogen (secondary N) is 1. The van der Waals surface area contributed by atoms with Gasteiger partial charge in [0.1, 0.15) is 11.4 Å². The maximum absolute atomic E-state index is 12.3. The molecule has 0 unspecified atom stereocenters. The van der Waals surface area contributed by atoms with Crippen LogP contribution in [0.1, 0.15) is 28.5 Å². The summed E-state index contributed by atoms with van der Waals surface area (Å²) in [6.45, 7) is 2.45. The number of aryl methyl sites for hydroxylation is 1. The molecule has 2 heterocycles. The fourth-order valence-corrected chi connectivity index (χ4v) is 2.66. The van der Waals surface area contributed by atoms with Crippen LogP contribution in [-0.4, -0.2) is 39.5 Å². The number of pyridine rings is 1. The summed E-state index contributed by atoms with van der Waals surface area (Å²) in [6, 6.07) is 11.3. The van der Waals surface area contributed by atoms with Crippen LogP contribution in [0.25, 0.3) is 11.4 Å². The minimum absolute atomic E-state index is 0.132. The molecule has 0 aliphatic rings. The van der Waals surface area contributed by atoms with Gasteiger partial charge in [-0.2, -0.15) is 0 Å². The predicted octanol–water partition coefficient (Wildman–Crippen LogP) is 2.23. The Labute approximate surface area is 152 Å². The van der Waals surface area contributed by atoms with Crippen LogP contribution in [0.4, 0.5) is 0 Å². The molecular weight excluding hydrogens is 330 g/mol. The number of nitrogens with zero attached hydrogens (tertiary/aromatic N) is 4. The molecule has 3 aromatic rings. The second-order valence-electron chi connectivity index (χ2n) is 5.90. The van der Waals surface area contributed by atoms with Gasteiger partial charge in [-0.05, 0) is 36.8 Å². The Balaban J connectivity index is 1.99. The molecule has 0 bridgehead atoms. The first-order valence-corrected chi connectivity index (χ1v) is 8.38. The number of carbonyl (C=O) groups is 1. The van der Waals surface area contributed by atoms with Gasteiger partial charge < -0.3 is 10.1 Å². The SMILES string of the molecule is CCNC(=O)c1cc(Cc2cccc(OC)c2)nc(-c2cn(C)nn2)c1. The van der Waals surface area contributed by atoms with E-state index in [-0.39, 0.29) is 5.91 Å². The number of aromatic nitrogens is 4. The van der Waals surface area contributed by atoms with Gasteiger partial charge in [0.15, 0.2) is 0 Å². The lowest BCUT2D eigenvalue weighted by Crippen LogP contribution is -2.23. The lowest BCUT2D eigenvalue weighted by Gasteiger charge is -2.09. The van der Waals surface area contributed by atoms with E-state index in [0.717, 1.165) is 17.0 Å². The first-order chi connectivity index (χ1) is 12.6. The summed E-state index contributed by atoms with van der Waals surface area (Å²) in [4.78, 5) is 17.0. The molecule has 134 valence electrons. The van der Waals surface area contributed by atoms with E-state index in [2.05, 4.69) is 20.6 Å². The van der Waals surface area contributed by atoms with Crippen LogP contribution in [0, 0.1) is 0 Å². The molecule has 3 rings (SSSR count). The van der Waals surface area contributed by atoms with Crippen molar-refractivity contribution in [3.8, 4) is 17.1 Å². The number of hydrogen-bond acceptors (Lipinski definition) is 5. The smallest absolute Gasteiger partial charge is 0.251 e. The van der Waals surface area contributed by atoms with Crippen LogP contribution < -0.4 is 10.1 Å². The van der Waals surface area contributed by atoms with Crippen molar-refractivity contribution in [3.05, 3.63) is 59.4 Å². The Bertz CT molecular complexity index is 920. The number of hydrogen-bond donors (Lipinski definition) is 1. The summed E-state index contributed by atoms with van der Waals surface area (Å²) in [6.07, 6.45) is 2.36. The molecule has 0 saturated heterocycles. The number of carbonyl (C=O) groups excluding carboxylic acids is 1. The lowest BCUT2D eigenvalue weighted by molar-refractivity contribution is 0.0955. The van der Waals surface area contributed by atoms with Gasteiger partial charge >= 0.3 is 0 Å². The highest BCUT2D eigenvalue weighted by molar-refractivity contribution is 5.95. The average molecular weight is 351 g/mol. The Morgan fingerprint density at radius 2 is 2.08 bits per heavy atom. The zero-order valence-corrected chi connectivity index (χ0v) is 15.1. The van der Waals surface area contributed by atoms with E-state index in [1.165, 1.54) is 0 Å². The molecule has 0 atom stereocenters. The van der Waals surface area contributed by atoms with Crippen LogP contribution in [-0.2, 0) is 13.5 Å². The Hall–Kier alpha value is -3.22. The van der Waals surface area contributed by atoms with Crippen molar-refractivity contribution in [1.29, 1.82) is 0 Å². The maximum atomic E-state index is 12.3. The first-order valence-electron chi connectivity index (χ1n) is 8.38. The standard InChI is InChI=1S/C19H21N5O2/c1-4-20-19(25)14-10-15(8-13-6-5-7-16(9-13)26-3)21-17(11-14)18-12-24(2)23-22-18/h5-7,9-12H,4,8H2,1-3H3,(H,20,25). The zero-order chi connectivity index (χ0) is 18.5. The fraction of sp³-hybridized carbons (Fsp3) is 0.263. The number of benzene rings is 1. The van der Waals surface area contributed by atoms with Gasteiger partial charge in [-0.25, -0.2) is 0 Å². The molecule has 0 aliphatic heterocycles. The van der Waals surface area contributed by atoms with Crippen molar-refractivity contribution in [2.45, 2.75) is 13.3 Å². The van der Waals surface area contributed by atoms with Gasteiger partial charge in [-0.3, -0.25) is 14.5 Å². The van der Waals surface area contributed by atoms with Crippen molar-refractivity contribution >= 4 is 5.91 Å². The van der Waals surface area contributed by atoms with Gasteiger partial charge in [0, 0.05) is 31.3 Å². The van der Waals surface area contributed by atoms with Crippen LogP contribution in [0.5, 0.6) is 5.75 Å². The van der Waals surface area contributed by atoms with Crippen molar-refractivity contribution < 1.29 is 9.53 Å². The summed E-state index contributed by atoms with van der Waals surface area (Å²) >= 11 is 0. The largest absolute Gasteiger partial charge is 0.497 e. The molecule has 0 aliphatic carbocycles. The van der Waals surface area contributed by atoms with E-state index in [9.17, 15) is 4.79 Å². The second kappa shape index (κ2) is 7.77. The summed E-state index contributed by atoms with van der Waals surface area (Å²) in [5.74, 6) is 0.656. The Kier molecular flexibility index (Phi) is 5.26. The summed E-state index contributed by atoms with van der Waals surface area (Å²) in [7, 11) is 3.43. The fourth-order valence-electron chi connectivity index (χ4n) is 2.66. The third kappa shape index (κ3) is 4.05. The highest BCUT2D eigenvalue weighted by Crippen LogP contribution is 2.20. The van der Waals surface area contributed by atoms with Crippen LogP contribution in [0.2, 0.25) is 0 Å². The van der Waals surface area contributed by atoms with Crippen molar-refractivity contribution in [2.75, 3.05) is 13.7 Å². The van der Waals surface area contributed by atoms with Gasteiger partial charge in [0.2, 0.25) is 0 Å². The van der Waals surface area contributed by atoms with Crippen molar-refractivity contribution in [3.63, 3.8) is 0 Å². The molecule has 1 amide bonds. The lowest BCUT2D eigenvalue weighted by atomic mass is 10.1. The highest BCUT2D eigenvalue weighted by atomic mass is 16.5. The molecule has 7 nitrogen and oxygen atoms in total. The van der Waals surface area contributed by atoms with Gasteiger partial charge in [-0.1, -0.05) is 17.3 Å². The van der Waals surface area contributed by atoms with Gasteiger partial charge in [0.25, 0.3) is 5.91 Å². The monoisotopic (exact) mass is 351 g/mol. The van der Waals surface area contributed by atoms with E-state index in [1.54, 1.807) is 31.1 Å². The summed E-state index contributed by atoms with van der Waals surface area (Å²) in [5, 5.41) is 10.9. The van der Waals surface area contributed by atoms with E-state index < -0.39 is 0 Å². The van der Waals surface area contributed by atoms with E-state index in [4.69, 9.17) is 4.74 Å². The van der Waals surface area contributed by atoms with Crippen LogP contribution in [0.15, 0.2) is 42.6 Å². The van der Waals surface area contributed by atoms with Crippen LogP contribution >= 0.6 is 0 Å². The van der Waals surface area contributed by atoms with Crippen molar-refractivity contribution in [2.24, 2.45) is 7.05 Å². The molecule has 7 heteroatoms. The first kappa shape index (κ1) is 17.6. The van der Waals surface area contributed by atoms with Gasteiger partial charge in [-0.15, -0.1) is 5.10 Å². The number of rotatable bonds is 6. The second-order valence-corrected chi connectivity index (χ2v) is 5.90. The third-order valence-electron chi connectivity index (χ3n) is 3.86. The van der Waals surface area contributed by atoms with Crippen LogP contribution in [0.3, 0.4) is 0 Å². The van der Waals surface area contributed by atoms with E-state index in [0.29, 0.717) is 29.9 Å². The molecule has 26 heavy (non-hydrogen) atoms. The third-order valence-corrected chi connectivity index (χ3v) is 3.86. The average Bonchev–Trinajstić information content (AvgIpc) is 3.08. The Morgan fingerprint density at radius 1 is 1.23 bits per heavy atom. The summed E-state index contributed by atoms with van der Waals surface area (Å²) < 4.78 is 6.89. The molecule has 1 N–H and O–H groups in total. The Morgan fingerprint density at radius 3 is 2.77 bits per heavy atom. The van der Waals surface area contributed by atoms with E-state index in [1.807, 2.05) is 37.3 Å². The molecular formula is C19H21N5O2. The topological polar surface area (TPSA) is 81.9 Å². The molecule has 2 aromatic heterocycles. The maximum Gasteiger partial charge on any atom is 0.251 e. The quantitative estimate of drug-likeness (QED) is 0.736. The van der Waals surface area contributed by atoms with Gasteiger partial charge in [0.05, 0.1) is 19.0 Å². The highest BCUT2D eigenvalue weighted by Gasteiger charge is 2.13. The molecule has 0 radical (unpaired) electrons.